The Morgan fingerprint density at radius 1 is 0.963 bits per heavy atom. The van der Waals surface area contributed by atoms with Crippen molar-refractivity contribution in [2.24, 2.45) is 0 Å². The van der Waals surface area contributed by atoms with Crippen molar-refractivity contribution in [3.8, 4) is 11.5 Å². The molecule has 1 amide bonds. The summed E-state index contributed by atoms with van der Waals surface area (Å²) in [6, 6.07) is 17.5. The number of nitrogens with one attached hydrogen (secondary N) is 1. The Hall–Kier alpha value is -2.57. The molecule has 138 valence electrons. The van der Waals surface area contributed by atoms with Crippen LogP contribution in [-0.2, 0) is 4.79 Å². The van der Waals surface area contributed by atoms with E-state index in [1.807, 2.05) is 0 Å². The van der Waals surface area contributed by atoms with E-state index in [9.17, 15) is 13.6 Å². The normalized spacial score (nSPS) is 10.5. The van der Waals surface area contributed by atoms with Gasteiger partial charge in [-0.2, -0.15) is 0 Å². The van der Waals surface area contributed by atoms with Gasteiger partial charge >= 0.3 is 0 Å². The second-order valence-electron chi connectivity index (χ2n) is 5.44. The number of carbonyl (C=O) groups excluding carboxylic acids is 1. The topological polar surface area (TPSA) is 38.3 Å². The second kappa shape index (κ2) is 8.88. The van der Waals surface area contributed by atoms with Gasteiger partial charge in [-0.05, 0) is 42.5 Å². The van der Waals surface area contributed by atoms with Gasteiger partial charge in [-0.15, -0.1) is 11.8 Å². The third-order valence-corrected chi connectivity index (χ3v) is 4.78. The van der Waals surface area contributed by atoms with Crippen molar-refractivity contribution in [2.75, 3.05) is 11.1 Å². The summed E-state index contributed by atoms with van der Waals surface area (Å²) in [4.78, 5) is 12.7. The van der Waals surface area contributed by atoms with Crippen molar-refractivity contribution in [1.82, 2.24) is 0 Å². The van der Waals surface area contributed by atoms with Crippen LogP contribution in [0.3, 0.4) is 0 Å². The predicted octanol–water partition coefficient (Wildman–Crippen LogP) is 6.14. The van der Waals surface area contributed by atoms with Gasteiger partial charge in [0, 0.05) is 4.90 Å². The summed E-state index contributed by atoms with van der Waals surface area (Å²) in [5.41, 5.74) is 0.480. The van der Waals surface area contributed by atoms with Crippen LogP contribution in [0, 0.1) is 11.6 Å². The molecule has 0 aliphatic carbocycles. The number of para-hydroxylation sites is 3. The summed E-state index contributed by atoms with van der Waals surface area (Å²) < 4.78 is 32.0. The summed E-state index contributed by atoms with van der Waals surface area (Å²) in [6.07, 6.45) is 0. The molecule has 3 rings (SSSR count). The van der Waals surface area contributed by atoms with Gasteiger partial charge in [-0.1, -0.05) is 35.9 Å². The number of ether oxygens (including phenoxy) is 1. The molecule has 0 saturated heterocycles. The summed E-state index contributed by atoms with van der Waals surface area (Å²) in [7, 11) is 0. The highest BCUT2D eigenvalue weighted by Crippen LogP contribution is 2.33. The fraction of sp³-hybridized carbons (Fsp3) is 0.0500. The maximum Gasteiger partial charge on any atom is 0.234 e. The largest absolute Gasteiger partial charge is 0.454 e. The van der Waals surface area contributed by atoms with Gasteiger partial charge in [0.1, 0.15) is 5.75 Å². The average molecular weight is 406 g/mol. The minimum absolute atomic E-state index is 0.0332. The fourth-order valence-corrected chi connectivity index (χ4v) is 3.10. The minimum Gasteiger partial charge on any atom is -0.454 e. The van der Waals surface area contributed by atoms with Crippen molar-refractivity contribution >= 4 is 35.0 Å². The van der Waals surface area contributed by atoms with E-state index in [0.29, 0.717) is 27.1 Å². The lowest BCUT2D eigenvalue weighted by molar-refractivity contribution is -0.113. The van der Waals surface area contributed by atoms with E-state index in [-0.39, 0.29) is 11.7 Å². The zero-order chi connectivity index (χ0) is 19.2. The number of halogens is 3. The quantitative estimate of drug-likeness (QED) is 0.500. The number of hydrogen-bond donors (Lipinski definition) is 1. The molecule has 0 saturated carbocycles. The molecule has 0 atom stereocenters. The molecule has 0 aromatic heterocycles. The standard InChI is InChI=1S/C20H14ClF2NO2S/c21-14-5-1-3-7-18(14)26-19-8-4-2-6-17(19)24-20(25)12-27-13-9-10-15(22)16(23)11-13/h1-11H,12H2,(H,24,25). The van der Waals surface area contributed by atoms with Crippen LogP contribution in [0.4, 0.5) is 14.5 Å². The minimum atomic E-state index is -0.945. The molecule has 3 aromatic carbocycles. The number of carbonyl (C=O) groups is 1. The van der Waals surface area contributed by atoms with Crippen LogP contribution in [0.2, 0.25) is 5.02 Å². The summed E-state index contributed by atoms with van der Waals surface area (Å²) >= 11 is 7.20. The molecule has 7 heteroatoms. The Morgan fingerprint density at radius 3 is 2.41 bits per heavy atom. The van der Waals surface area contributed by atoms with Crippen molar-refractivity contribution in [3.05, 3.63) is 83.4 Å². The molecule has 3 nitrogen and oxygen atoms in total. The zero-order valence-electron chi connectivity index (χ0n) is 13.9. The van der Waals surface area contributed by atoms with Gasteiger partial charge in [0.05, 0.1) is 16.5 Å². The first-order chi connectivity index (χ1) is 13.0. The van der Waals surface area contributed by atoms with E-state index in [1.54, 1.807) is 48.5 Å². The van der Waals surface area contributed by atoms with E-state index in [0.717, 1.165) is 23.9 Å². The number of hydrogen-bond acceptors (Lipinski definition) is 3. The maximum absolute atomic E-state index is 13.2. The molecule has 0 aliphatic heterocycles. The van der Waals surface area contributed by atoms with Crippen LogP contribution in [0.1, 0.15) is 0 Å². The first-order valence-electron chi connectivity index (χ1n) is 7.92. The smallest absolute Gasteiger partial charge is 0.234 e. The van der Waals surface area contributed by atoms with Crippen LogP contribution in [0.25, 0.3) is 0 Å². The van der Waals surface area contributed by atoms with Gasteiger partial charge in [-0.3, -0.25) is 4.79 Å². The van der Waals surface area contributed by atoms with Gasteiger partial charge < -0.3 is 10.1 Å². The molecule has 27 heavy (non-hydrogen) atoms. The molecule has 3 aromatic rings. The van der Waals surface area contributed by atoms with Gasteiger partial charge in [0.2, 0.25) is 5.91 Å². The Balaban J connectivity index is 1.65. The first kappa shape index (κ1) is 19.2. The monoisotopic (exact) mass is 405 g/mol. The van der Waals surface area contributed by atoms with Gasteiger partial charge in [0.15, 0.2) is 17.4 Å². The lowest BCUT2D eigenvalue weighted by Crippen LogP contribution is -2.14. The number of thioether (sulfide) groups is 1. The Morgan fingerprint density at radius 2 is 1.67 bits per heavy atom. The van der Waals surface area contributed by atoms with E-state index < -0.39 is 11.6 Å². The number of benzene rings is 3. The van der Waals surface area contributed by atoms with E-state index in [4.69, 9.17) is 16.3 Å². The lowest BCUT2D eigenvalue weighted by atomic mass is 10.3. The third-order valence-electron chi connectivity index (χ3n) is 3.48. The summed E-state index contributed by atoms with van der Waals surface area (Å²) in [6.45, 7) is 0. The molecule has 0 radical (unpaired) electrons. The highest BCUT2D eigenvalue weighted by molar-refractivity contribution is 8.00. The number of anilines is 1. The third kappa shape index (κ3) is 5.21. The first-order valence-corrected chi connectivity index (χ1v) is 9.28. The number of amides is 1. The van der Waals surface area contributed by atoms with Crippen LogP contribution in [-0.4, -0.2) is 11.7 Å². The molecule has 0 unspecified atom stereocenters. The van der Waals surface area contributed by atoms with Gasteiger partial charge in [0.25, 0.3) is 0 Å². The van der Waals surface area contributed by atoms with Gasteiger partial charge in [-0.25, -0.2) is 8.78 Å². The van der Waals surface area contributed by atoms with E-state index >= 15 is 0 Å². The molecule has 0 spiro atoms. The SMILES string of the molecule is O=C(CSc1ccc(F)c(F)c1)Nc1ccccc1Oc1ccccc1Cl. The van der Waals surface area contributed by atoms with Crippen LogP contribution in [0.5, 0.6) is 11.5 Å². The van der Waals surface area contributed by atoms with Crippen molar-refractivity contribution in [3.63, 3.8) is 0 Å². The second-order valence-corrected chi connectivity index (χ2v) is 6.90. The Labute approximate surface area is 164 Å². The predicted molar refractivity (Wildman–Crippen MR) is 104 cm³/mol. The van der Waals surface area contributed by atoms with Crippen LogP contribution < -0.4 is 10.1 Å². The van der Waals surface area contributed by atoms with Crippen molar-refractivity contribution in [2.45, 2.75) is 4.90 Å². The molecule has 0 aliphatic rings. The van der Waals surface area contributed by atoms with Crippen LogP contribution in [0.15, 0.2) is 71.6 Å². The Bertz CT molecular complexity index is 968. The van der Waals surface area contributed by atoms with E-state index in [2.05, 4.69) is 5.32 Å². The van der Waals surface area contributed by atoms with Crippen molar-refractivity contribution in [1.29, 1.82) is 0 Å². The molecule has 0 bridgehead atoms. The lowest BCUT2D eigenvalue weighted by Gasteiger charge is -2.13. The molecule has 1 N–H and O–H groups in total. The maximum atomic E-state index is 13.2. The van der Waals surface area contributed by atoms with Crippen molar-refractivity contribution < 1.29 is 18.3 Å². The van der Waals surface area contributed by atoms with Crippen LogP contribution >= 0.6 is 23.4 Å². The fourth-order valence-electron chi connectivity index (χ4n) is 2.21. The molecule has 0 fully saturated rings. The highest BCUT2D eigenvalue weighted by atomic mass is 35.5. The molecular weight excluding hydrogens is 392 g/mol. The number of rotatable bonds is 6. The van der Waals surface area contributed by atoms with E-state index in [1.165, 1.54) is 6.07 Å². The summed E-state index contributed by atoms with van der Waals surface area (Å²) in [5.74, 6) is -1.23. The highest BCUT2D eigenvalue weighted by Gasteiger charge is 2.11. The zero-order valence-corrected chi connectivity index (χ0v) is 15.5. The molecular formula is C20H14ClF2NO2S. The molecule has 0 heterocycles. The summed E-state index contributed by atoms with van der Waals surface area (Å²) in [5, 5.41) is 3.20. The Kier molecular flexibility index (Phi) is 6.32. The average Bonchev–Trinajstić information content (AvgIpc) is 2.66.